The molecule has 0 saturated heterocycles. The van der Waals surface area contributed by atoms with Crippen LogP contribution in [0, 0.1) is 0 Å². The zero-order chi connectivity index (χ0) is 14.2. The number of methoxy groups -OCH3 is 1. The van der Waals surface area contributed by atoms with Crippen molar-refractivity contribution in [2.24, 2.45) is 0 Å². The summed E-state index contributed by atoms with van der Waals surface area (Å²) in [5.41, 5.74) is 3.33. The number of hydrogen-bond donors (Lipinski definition) is 2. The number of nitrogens with zero attached hydrogens (tertiary/aromatic N) is 1. The minimum Gasteiger partial charge on any atom is -0.497 e. The van der Waals surface area contributed by atoms with Crippen LogP contribution in [0.3, 0.4) is 0 Å². The number of ether oxygens (including phenoxy) is 1. The molecule has 0 saturated carbocycles. The van der Waals surface area contributed by atoms with Crippen molar-refractivity contribution in [3.8, 4) is 5.75 Å². The Kier molecular flexibility index (Phi) is 5.24. The van der Waals surface area contributed by atoms with Crippen LogP contribution >= 0.6 is 0 Å². The van der Waals surface area contributed by atoms with Crippen molar-refractivity contribution in [1.29, 1.82) is 0 Å². The number of anilines is 2. The Morgan fingerprint density at radius 3 is 2.65 bits per heavy atom. The highest BCUT2D eigenvalue weighted by molar-refractivity contribution is 5.53. The van der Waals surface area contributed by atoms with Gasteiger partial charge >= 0.3 is 0 Å². The fraction of sp³-hybridized carbons (Fsp3) is 0.312. The van der Waals surface area contributed by atoms with E-state index in [2.05, 4.69) is 40.7 Å². The molecule has 0 aliphatic rings. The monoisotopic (exact) mass is 271 g/mol. The molecule has 2 rings (SSSR count). The van der Waals surface area contributed by atoms with Crippen molar-refractivity contribution in [3.63, 3.8) is 0 Å². The molecule has 1 aromatic carbocycles. The molecule has 0 fully saturated rings. The fourth-order valence-corrected chi connectivity index (χ4v) is 2.02. The number of nitrogens with one attached hydrogen (secondary N) is 2. The summed E-state index contributed by atoms with van der Waals surface area (Å²) in [6, 6.07) is 10.2. The smallest absolute Gasteiger partial charge is 0.119 e. The normalized spacial score (nSPS) is 10.1. The topological polar surface area (TPSA) is 46.2 Å². The predicted octanol–water partition coefficient (Wildman–Crippen LogP) is 3.18. The summed E-state index contributed by atoms with van der Waals surface area (Å²) in [5.74, 6) is 0.901. The third-order valence-electron chi connectivity index (χ3n) is 3.00. The van der Waals surface area contributed by atoms with Gasteiger partial charge in [0.05, 0.1) is 30.9 Å². The van der Waals surface area contributed by atoms with Crippen LogP contribution in [0.2, 0.25) is 0 Å². The summed E-state index contributed by atoms with van der Waals surface area (Å²) in [4.78, 5) is 4.21. The fourth-order valence-electron chi connectivity index (χ4n) is 2.02. The lowest BCUT2D eigenvalue weighted by Gasteiger charge is -2.09. The average molecular weight is 271 g/mol. The van der Waals surface area contributed by atoms with E-state index >= 15 is 0 Å². The zero-order valence-electron chi connectivity index (χ0n) is 12.0. The molecule has 20 heavy (non-hydrogen) atoms. The first kappa shape index (κ1) is 14.2. The number of pyridine rings is 1. The highest BCUT2D eigenvalue weighted by Crippen LogP contribution is 2.15. The van der Waals surface area contributed by atoms with E-state index in [4.69, 9.17) is 4.74 Å². The molecule has 0 aliphatic carbocycles. The Morgan fingerprint density at radius 1 is 1.10 bits per heavy atom. The largest absolute Gasteiger partial charge is 0.497 e. The SMILES string of the molecule is CCNc1cncc(NCCc2cccc(OC)c2)c1. The van der Waals surface area contributed by atoms with Crippen LogP contribution < -0.4 is 15.4 Å². The van der Waals surface area contributed by atoms with Gasteiger partial charge in [0.1, 0.15) is 5.75 Å². The Balaban J connectivity index is 1.87. The van der Waals surface area contributed by atoms with Gasteiger partial charge in [-0.3, -0.25) is 4.98 Å². The van der Waals surface area contributed by atoms with E-state index in [1.165, 1.54) is 5.56 Å². The minimum absolute atomic E-state index is 0.866. The summed E-state index contributed by atoms with van der Waals surface area (Å²) >= 11 is 0. The maximum absolute atomic E-state index is 5.22. The van der Waals surface area contributed by atoms with E-state index in [0.717, 1.165) is 36.6 Å². The van der Waals surface area contributed by atoms with Gasteiger partial charge in [0.25, 0.3) is 0 Å². The number of benzene rings is 1. The Morgan fingerprint density at radius 2 is 1.90 bits per heavy atom. The summed E-state index contributed by atoms with van der Waals surface area (Å²) in [7, 11) is 1.69. The molecule has 2 N–H and O–H groups in total. The van der Waals surface area contributed by atoms with E-state index < -0.39 is 0 Å². The standard InChI is InChI=1S/C16H21N3O/c1-3-18-14-10-15(12-17-11-14)19-8-7-13-5-4-6-16(9-13)20-2/h4-6,9-12,18-19H,3,7-8H2,1-2H3. The summed E-state index contributed by atoms with van der Waals surface area (Å²) < 4.78 is 5.22. The maximum atomic E-state index is 5.22. The molecule has 0 amide bonds. The van der Waals surface area contributed by atoms with Crippen molar-refractivity contribution >= 4 is 11.4 Å². The van der Waals surface area contributed by atoms with E-state index in [1.807, 2.05) is 24.5 Å². The third-order valence-corrected chi connectivity index (χ3v) is 3.00. The Bertz CT molecular complexity index is 543. The van der Waals surface area contributed by atoms with Gasteiger partial charge in [0.2, 0.25) is 0 Å². The molecular weight excluding hydrogens is 250 g/mol. The van der Waals surface area contributed by atoms with Crippen molar-refractivity contribution in [1.82, 2.24) is 4.98 Å². The average Bonchev–Trinajstić information content (AvgIpc) is 2.48. The molecule has 0 radical (unpaired) electrons. The van der Waals surface area contributed by atoms with E-state index in [0.29, 0.717) is 0 Å². The lowest BCUT2D eigenvalue weighted by atomic mass is 10.1. The van der Waals surface area contributed by atoms with E-state index in [-0.39, 0.29) is 0 Å². The van der Waals surface area contributed by atoms with Gasteiger partial charge in [-0.15, -0.1) is 0 Å². The second kappa shape index (κ2) is 7.38. The molecule has 0 bridgehead atoms. The lowest BCUT2D eigenvalue weighted by Crippen LogP contribution is -2.06. The van der Waals surface area contributed by atoms with Gasteiger partial charge in [0.15, 0.2) is 0 Å². The molecule has 0 unspecified atom stereocenters. The first-order valence-corrected chi connectivity index (χ1v) is 6.87. The lowest BCUT2D eigenvalue weighted by molar-refractivity contribution is 0.414. The summed E-state index contributed by atoms with van der Waals surface area (Å²) in [5, 5.41) is 6.64. The highest BCUT2D eigenvalue weighted by Gasteiger charge is 1.98. The van der Waals surface area contributed by atoms with Crippen LogP contribution in [-0.4, -0.2) is 25.2 Å². The predicted molar refractivity (Wildman–Crippen MR) is 83.6 cm³/mol. The molecule has 2 aromatic rings. The van der Waals surface area contributed by atoms with Gasteiger partial charge in [-0.05, 0) is 37.1 Å². The van der Waals surface area contributed by atoms with E-state index in [1.54, 1.807) is 7.11 Å². The van der Waals surface area contributed by atoms with Crippen LogP contribution in [0.15, 0.2) is 42.7 Å². The molecule has 4 nitrogen and oxygen atoms in total. The number of aromatic nitrogens is 1. The molecule has 0 spiro atoms. The molecular formula is C16H21N3O. The van der Waals surface area contributed by atoms with Crippen LogP contribution in [-0.2, 0) is 6.42 Å². The van der Waals surface area contributed by atoms with Crippen LogP contribution in [0.4, 0.5) is 11.4 Å². The Labute approximate surface area is 120 Å². The molecule has 0 aliphatic heterocycles. The quantitative estimate of drug-likeness (QED) is 0.812. The first-order chi connectivity index (χ1) is 9.81. The summed E-state index contributed by atoms with van der Waals surface area (Å²) in [6.45, 7) is 3.84. The second-order valence-corrected chi connectivity index (χ2v) is 4.52. The van der Waals surface area contributed by atoms with Crippen molar-refractivity contribution in [2.45, 2.75) is 13.3 Å². The third kappa shape index (κ3) is 4.16. The number of rotatable bonds is 7. The molecule has 1 heterocycles. The second-order valence-electron chi connectivity index (χ2n) is 4.52. The highest BCUT2D eigenvalue weighted by atomic mass is 16.5. The van der Waals surface area contributed by atoms with Crippen molar-refractivity contribution in [3.05, 3.63) is 48.3 Å². The van der Waals surface area contributed by atoms with Crippen molar-refractivity contribution in [2.75, 3.05) is 30.8 Å². The zero-order valence-corrected chi connectivity index (χ0v) is 12.0. The minimum atomic E-state index is 0.866. The number of hydrogen-bond acceptors (Lipinski definition) is 4. The van der Waals surface area contributed by atoms with Gasteiger partial charge in [-0.1, -0.05) is 12.1 Å². The van der Waals surface area contributed by atoms with E-state index in [9.17, 15) is 0 Å². The van der Waals surface area contributed by atoms with Gasteiger partial charge in [0, 0.05) is 13.1 Å². The van der Waals surface area contributed by atoms with Gasteiger partial charge in [-0.2, -0.15) is 0 Å². The maximum Gasteiger partial charge on any atom is 0.119 e. The molecule has 4 heteroatoms. The molecule has 1 aromatic heterocycles. The Hall–Kier alpha value is -2.23. The van der Waals surface area contributed by atoms with Crippen molar-refractivity contribution < 1.29 is 4.74 Å². The molecule has 106 valence electrons. The molecule has 0 atom stereocenters. The van der Waals surface area contributed by atoms with Gasteiger partial charge < -0.3 is 15.4 Å². The van der Waals surface area contributed by atoms with Crippen LogP contribution in [0.1, 0.15) is 12.5 Å². The van der Waals surface area contributed by atoms with Crippen LogP contribution in [0.25, 0.3) is 0 Å². The first-order valence-electron chi connectivity index (χ1n) is 6.87. The van der Waals surface area contributed by atoms with Crippen LogP contribution in [0.5, 0.6) is 5.75 Å². The summed E-state index contributed by atoms with van der Waals surface area (Å²) in [6.07, 6.45) is 4.62. The van der Waals surface area contributed by atoms with Gasteiger partial charge in [-0.25, -0.2) is 0 Å².